The van der Waals surface area contributed by atoms with Gasteiger partial charge >= 0.3 is 5.97 Å². The zero-order valence-electron chi connectivity index (χ0n) is 16.1. The van der Waals surface area contributed by atoms with Crippen molar-refractivity contribution in [1.82, 2.24) is 0 Å². The average Bonchev–Trinajstić information content (AvgIpc) is 3.28. The summed E-state index contributed by atoms with van der Waals surface area (Å²) >= 11 is 0. The topological polar surface area (TPSA) is 62.6 Å². The summed E-state index contributed by atoms with van der Waals surface area (Å²) in [6.45, 7) is 4.78. The van der Waals surface area contributed by atoms with Gasteiger partial charge in [-0.15, -0.1) is 0 Å². The lowest BCUT2D eigenvalue weighted by atomic mass is 9.75. The predicted octanol–water partition coefficient (Wildman–Crippen LogP) is 5.16. The Kier molecular flexibility index (Phi) is 8.22. The molecule has 0 amide bonds. The number of carbonyl (C=O) groups is 1. The van der Waals surface area contributed by atoms with Crippen LogP contribution in [-0.4, -0.2) is 24.3 Å². The number of esters is 1. The van der Waals surface area contributed by atoms with Crippen LogP contribution in [0.2, 0.25) is 0 Å². The molecule has 4 atom stereocenters. The first-order chi connectivity index (χ1) is 12.1. The minimum atomic E-state index is -0.298. The van der Waals surface area contributed by atoms with E-state index >= 15 is 0 Å². The molecular weight excluding hydrogens is 314 g/mol. The molecule has 0 aromatic rings. The van der Waals surface area contributed by atoms with E-state index in [2.05, 4.69) is 13.0 Å². The molecule has 4 unspecified atom stereocenters. The Bertz CT molecular complexity index is 459. The lowest BCUT2D eigenvalue weighted by Gasteiger charge is -2.25. The van der Waals surface area contributed by atoms with Gasteiger partial charge in [0.25, 0.3) is 0 Å². The highest BCUT2D eigenvalue weighted by atomic mass is 16.6. The van der Waals surface area contributed by atoms with E-state index in [1.807, 2.05) is 6.92 Å². The fraction of sp³-hybridized carbons (Fsp3) is 0.905. The maximum atomic E-state index is 12.3. The number of fused-ring (bicyclic) bond motifs is 1. The van der Waals surface area contributed by atoms with Crippen LogP contribution < -0.4 is 0 Å². The van der Waals surface area contributed by atoms with Crippen LogP contribution in [0.4, 0.5) is 0 Å². The first-order valence-electron chi connectivity index (χ1n) is 10.3. The van der Waals surface area contributed by atoms with Gasteiger partial charge in [0.15, 0.2) is 0 Å². The standard InChI is InChI=1S/C21H35NO3/c1-3-4-5-6-7-8-9-10-11-12-13-24-20(23)18-14-19-21(2,25-19)15-17(18)16-22/h17-19H,3-15H2,1-2H3. The molecule has 1 saturated heterocycles. The van der Waals surface area contributed by atoms with Gasteiger partial charge in [0.2, 0.25) is 0 Å². The summed E-state index contributed by atoms with van der Waals surface area (Å²) in [5.74, 6) is -0.752. The van der Waals surface area contributed by atoms with E-state index in [4.69, 9.17) is 9.47 Å². The van der Waals surface area contributed by atoms with Crippen molar-refractivity contribution in [2.24, 2.45) is 11.8 Å². The zero-order valence-corrected chi connectivity index (χ0v) is 16.1. The monoisotopic (exact) mass is 349 g/mol. The molecule has 4 nitrogen and oxygen atoms in total. The normalized spacial score (nSPS) is 30.4. The van der Waals surface area contributed by atoms with Gasteiger partial charge in [0.05, 0.1) is 36.2 Å². The number of rotatable bonds is 12. The molecule has 1 aliphatic carbocycles. The van der Waals surface area contributed by atoms with Crippen molar-refractivity contribution >= 4 is 5.97 Å². The Labute approximate surface area is 153 Å². The van der Waals surface area contributed by atoms with Crippen molar-refractivity contribution in [3.8, 4) is 6.07 Å². The van der Waals surface area contributed by atoms with E-state index < -0.39 is 0 Å². The van der Waals surface area contributed by atoms with Crippen LogP contribution in [0, 0.1) is 23.2 Å². The molecule has 2 rings (SSSR count). The van der Waals surface area contributed by atoms with Crippen LogP contribution in [0.15, 0.2) is 0 Å². The van der Waals surface area contributed by atoms with Crippen molar-refractivity contribution < 1.29 is 14.3 Å². The Morgan fingerprint density at radius 3 is 2.32 bits per heavy atom. The van der Waals surface area contributed by atoms with Gasteiger partial charge in [-0.3, -0.25) is 4.79 Å². The van der Waals surface area contributed by atoms with Crippen molar-refractivity contribution in [1.29, 1.82) is 5.26 Å². The van der Waals surface area contributed by atoms with E-state index in [1.54, 1.807) is 0 Å². The largest absolute Gasteiger partial charge is 0.465 e. The fourth-order valence-electron chi connectivity index (χ4n) is 4.01. The van der Waals surface area contributed by atoms with Gasteiger partial charge in [0.1, 0.15) is 0 Å². The lowest BCUT2D eigenvalue weighted by molar-refractivity contribution is -0.150. The van der Waals surface area contributed by atoms with Crippen LogP contribution in [0.5, 0.6) is 0 Å². The van der Waals surface area contributed by atoms with Crippen LogP contribution in [0.25, 0.3) is 0 Å². The number of carbonyl (C=O) groups excluding carboxylic acids is 1. The molecule has 0 spiro atoms. The van der Waals surface area contributed by atoms with E-state index in [-0.39, 0.29) is 29.5 Å². The van der Waals surface area contributed by atoms with Gasteiger partial charge in [-0.25, -0.2) is 0 Å². The van der Waals surface area contributed by atoms with Gasteiger partial charge in [0, 0.05) is 0 Å². The van der Waals surface area contributed by atoms with Crippen LogP contribution in [0.3, 0.4) is 0 Å². The highest BCUT2D eigenvalue weighted by molar-refractivity contribution is 5.73. The highest BCUT2D eigenvalue weighted by Crippen LogP contribution is 2.51. The first kappa shape index (κ1) is 20.2. The summed E-state index contributed by atoms with van der Waals surface area (Å²) < 4.78 is 11.1. The molecule has 0 N–H and O–H groups in total. The summed E-state index contributed by atoms with van der Waals surface area (Å²) in [7, 11) is 0. The second kappa shape index (κ2) is 10.2. The number of epoxide rings is 1. The average molecular weight is 350 g/mol. The smallest absolute Gasteiger partial charge is 0.310 e. The van der Waals surface area contributed by atoms with Gasteiger partial charge < -0.3 is 9.47 Å². The molecule has 25 heavy (non-hydrogen) atoms. The van der Waals surface area contributed by atoms with Gasteiger partial charge in [-0.1, -0.05) is 64.7 Å². The predicted molar refractivity (Wildman–Crippen MR) is 97.9 cm³/mol. The van der Waals surface area contributed by atoms with Crippen LogP contribution in [-0.2, 0) is 14.3 Å². The molecule has 1 aliphatic heterocycles. The number of nitriles is 1. The zero-order chi connectivity index (χ0) is 18.1. The van der Waals surface area contributed by atoms with E-state index in [0.717, 1.165) is 12.8 Å². The maximum Gasteiger partial charge on any atom is 0.310 e. The summed E-state index contributed by atoms with van der Waals surface area (Å²) in [6.07, 6.45) is 14.1. The summed E-state index contributed by atoms with van der Waals surface area (Å²) in [5, 5.41) is 9.31. The van der Waals surface area contributed by atoms with Crippen molar-refractivity contribution in [2.75, 3.05) is 6.61 Å². The van der Waals surface area contributed by atoms with Crippen molar-refractivity contribution in [2.45, 2.75) is 103 Å². The molecular formula is C21H35NO3. The second-order valence-electron chi connectivity index (χ2n) is 8.05. The molecule has 0 aromatic heterocycles. The van der Waals surface area contributed by atoms with E-state index in [1.165, 1.54) is 51.4 Å². The molecule has 4 heteroatoms. The van der Waals surface area contributed by atoms with Gasteiger partial charge in [-0.05, 0) is 26.2 Å². The maximum absolute atomic E-state index is 12.3. The highest BCUT2D eigenvalue weighted by Gasteiger charge is 2.60. The summed E-state index contributed by atoms with van der Waals surface area (Å²) in [4.78, 5) is 12.3. The number of ether oxygens (including phenoxy) is 2. The quantitative estimate of drug-likeness (QED) is 0.277. The molecule has 0 bridgehead atoms. The Morgan fingerprint density at radius 2 is 1.72 bits per heavy atom. The van der Waals surface area contributed by atoms with Crippen LogP contribution >= 0.6 is 0 Å². The second-order valence-corrected chi connectivity index (χ2v) is 8.05. The fourth-order valence-corrected chi connectivity index (χ4v) is 4.01. The molecule has 1 heterocycles. The lowest BCUT2D eigenvalue weighted by Crippen LogP contribution is -2.35. The SMILES string of the molecule is CCCCCCCCCCCCOC(=O)C1CC2OC2(C)CC1C#N. The van der Waals surface area contributed by atoms with Gasteiger partial charge in [-0.2, -0.15) is 5.26 Å². The third-order valence-corrected chi connectivity index (χ3v) is 5.83. The molecule has 1 saturated carbocycles. The Balaban J connectivity index is 1.48. The minimum Gasteiger partial charge on any atom is -0.465 e. The molecule has 142 valence electrons. The number of hydrogen-bond donors (Lipinski definition) is 0. The first-order valence-corrected chi connectivity index (χ1v) is 10.3. The Hall–Kier alpha value is -1.08. The number of hydrogen-bond acceptors (Lipinski definition) is 4. The minimum absolute atomic E-state index is 0.145. The number of nitrogens with zero attached hydrogens (tertiary/aromatic N) is 1. The number of unbranched alkanes of at least 4 members (excludes halogenated alkanes) is 9. The summed E-state index contributed by atoms with van der Waals surface area (Å²) in [6, 6.07) is 2.28. The molecule has 0 radical (unpaired) electrons. The molecule has 2 fully saturated rings. The third-order valence-electron chi connectivity index (χ3n) is 5.83. The van der Waals surface area contributed by atoms with E-state index in [0.29, 0.717) is 19.4 Å². The summed E-state index contributed by atoms with van der Waals surface area (Å²) in [5.41, 5.74) is -0.159. The van der Waals surface area contributed by atoms with Crippen molar-refractivity contribution in [3.63, 3.8) is 0 Å². The molecule has 2 aliphatic rings. The van der Waals surface area contributed by atoms with E-state index in [9.17, 15) is 10.1 Å². The van der Waals surface area contributed by atoms with Crippen LogP contribution in [0.1, 0.15) is 90.9 Å². The third kappa shape index (κ3) is 6.29. The Morgan fingerprint density at radius 1 is 1.12 bits per heavy atom. The van der Waals surface area contributed by atoms with Crippen molar-refractivity contribution in [3.05, 3.63) is 0 Å². The molecule has 0 aromatic carbocycles.